The van der Waals surface area contributed by atoms with Gasteiger partial charge < -0.3 is 5.73 Å². The highest BCUT2D eigenvalue weighted by Gasteiger charge is 2.30. The molecular formula is C20H13BrF3N3. The van der Waals surface area contributed by atoms with Gasteiger partial charge >= 0.3 is 6.18 Å². The van der Waals surface area contributed by atoms with E-state index in [1.807, 2.05) is 30.3 Å². The number of hydrogen-bond acceptors (Lipinski definition) is 3. The standard InChI is InChI=1S/C20H13BrF3N3/c1-11-17(12-2-6-14(7-3-12)20(22,23)24)16(10-25)19(26)27-18(11)13-4-8-15(21)9-5-13/h2-9H,1H3,(H2,26,27). The molecule has 0 atom stereocenters. The molecule has 3 nitrogen and oxygen atoms in total. The van der Waals surface area contributed by atoms with E-state index >= 15 is 0 Å². The van der Waals surface area contributed by atoms with Crippen LogP contribution in [-0.4, -0.2) is 4.98 Å². The van der Waals surface area contributed by atoms with Gasteiger partial charge in [-0.2, -0.15) is 18.4 Å². The second-order valence-corrected chi connectivity index (χ2v) is 6.83. The number of nitriles is 1. The fraction of sp³-hybridized carbons (Fsp3) is 0.100. The molecule has 0 saturated heterocycles. The van der Waals surface area contributed by atoms with Gasteiger partial charge in [-0.05, 0) is 42.3 Å². The maximum atomic E-state index is 12.8. The van der Waals surface area contributed by atoms with E-state index in [1.165, 1.54) is 12.1 Å². The number of nitrogens with zero attached hydrogens (tertiary/aromatic N) is 2. The normalized spacial score (nSPS) is 11.3. The van der Waals surface area contributed by atoms with E-state index in [9.17, 15) is 18.4 Å². The van der Waals surface area contributed by atoms with Crippen molar-refractivity contribution in [1.82, 2.24) is 4.98 Å². The van der Waals surface area contributed by atoms with Crippen LogP contribution in [0.15, 0.2) is 53.0 Å². The van der Waals surface area contributed by atoms with Crippen molar-refractivity contribution in [2.24, 2.45) is 0 Å². The van der Waals surface area contributed by atoms with Crippen LogP contribution in [0, 0.1) is 18.3 Å². The Bertz CT molecular complexity index is 1030. The fourth-order valence-corrected chi connectivity index (χ4v) is 3.15. The van der Waals surface area contributed by atoms with Crippen LogP contribution < -0.4 is 5.73 Å². The largest absolute Gasteiger partial charge is 0.416 e. The van der Waals surface area contributed by atoms with E-state index in [4.69, 9.17) is 5.73 Å². The highest BCUT2D eigenvalue weighted by atomic mass is 79.9. The molecule has 0 unspecified atom stereocenters. The van der Waals surface area contributed by atoms with E-state index in [0.29, 0.717) is 22.4 Å². The third kappa shape index (κ3) is 3.67. The average molecular weight is 432 g/mol. The van der Waals surface area contributed by atoms with Gasteiger partial charge in [0.25, 0.3) is 0 Å². The van der Waals surface area contributed by atoms with Crippen LogP contribution in [0.2, 0.25) is 0 Å². The van der Waals surface area contributed by atoms with Gasteiger partial charge in [0.1, 0.15) is 17.5 Å². The zero-order valence-corrected chi connectivity index (χ0v) is 15.7. The number of alkyl halides is 3. The number of pyridine rings is 1. The van der Waals surface area contributed by atoms with Crippen molar-refractivity contribution in [1.29, 1.82) is 5.26 Å². The highest BCUT2D eigenvalue weighted by Crippen LogP contribution is 2.37. The lowest BCUT2D eigenvalue weighted by molar-refractivity contribution is -0.137. The summed E-state index contributed by atoms with van der Waals surface area (Å²) in [5.41, 5.74) is 8.37. The molecule has 7 heteroatoms. The van der Waals surface area contributed by atoms with Crippen LogP contribution in [0.5, 0.6) is 0 Å². The van der Waals surface area contributed by atoms with Crippen molar-refractivity contribution in [2.75, 3.05) is 5.73 Å². The molecule has 3 aromatic rings. The van der Waals surface area contributed by atoms with Crippen LogP contribution in [0.3, 0.4) is 0 Å². The third-order valence-corrected chi connectivity index (χ3v) is 4.73. The predicted octanol–water partition coefficient (Wildman–Crippen LogP) is 5.96. The summed E-state index contributed by atoms with van der Waals surface area (Å²) in [5, 5.41) is 9.51. The van der Waals surface area contributed by atoms with E-state index in [1.54, 1.807) is 6.92 Å². The Hall–Kier alpha value is -2.85. The summed E-state index contributed by atoms with van der Waals surface area (Å²) in [5.74, 6) is 0.0379. The van der Waals surface area contributed by atoms with Crippen LogP contribution in [-0.2, 0) is 6.18 Å². The molecule has 0 fully saturated rings. The molecule has 1 heterocycles. The highest BCUT2D eigenvalue weighted by molar-refractivity contribution is 9.10. The van der Waals surface area contributed by atoms with Crippen LogP contribution >= 0.6 is 15.9 Å². The molecule has 27 heavy (non-hydrogen) atoms. The molecule has 0 aliphatic heterocycles. The first-order chi connectivity index (χ1) is 12.7. The van der Waals surface area contributed by atoms with E-state index in [-0.39, 0.29) is 11.4 Å². The predicted molar refractivity (Wildman–Crippen MR) is 102 cm³/mol. The van der Waals surface area contributed by atoms with Gasteiger partial charge in [-0.15, -0.1) is 0 Å². The number of aromatic nitrogens is 1. The van der Waals surface area contributed by atoms with Crippen molar-refractivity contribution in [3.63, 3.8) is 0 Å². The van der Waals surface area contributed by atoms with Gasteiger partial charge in [-0.1, -0.05) is 40.2 Å². The molecule has 0 bridgehead atoms. The summed E-state index contributed by atoms with van der Waals surface area (Å²) in [4.78, 5) is 4.35. The molecular weight excluding hydrogens is 419 g/mol. The lowest BCUT2D eigenvalue weighted by atomic mass is 9.92. The van der Waals surface area contributed by atoms with Gasteiger partial charge in [0.15, 0.2) is 0 Å². The van der Waals surface area contributed by atoms with Crippen molar-refractivity contribution in [3.8, 4) is 28.5 Å². The van der Waals surface area contributed by atoms with Gasteiger partial charge in [-0.3, -0.25) is 0 Å². The first-order valence-electron chi connectivity index (χ1n) is 7.86. The van der Waals surface area contributed by atoms with Crippen LogP contribution in [0.4, 0.5) is 19.0 Å². The lowest BCUT2D eigenvalue weighted by Crippen LogP contribution is -2.05. The van der Waals surface area contributed by atoms with Gasteiger partial charge in [0, 0.05) is 15.6 Å². The number of rotatable bonds is 2. The minimum absolute atomic E-state index is 0.0379. The lowest BCUT2D eigenvalue weighted by Gasteiger charge is -2.16. The number of benzene rings is 2. The molecule has 1 aromatic heterocycles. The Labute approximate surface area is 162 Å². The van der Waals surface area contributed by atoms with Gasteiger partial charge in [-0.25, -0.2) is 4.98 Å². The number of hydrogen-bond donors (Lipinski definition) is 1. The molecule has 0 radical (unpaired) electrons. The van der Waals surface area contributed by atoms with Gasteiger partial charge in [0.05, 0.1) is 11.3 Å². The monoisotopic (exact) mass is 431 g/mol. The minimum Gasteiger partial charge on any atom is -0.383 e. The minimum atomic E-state index is -4.43. The zero-order chi connectivity index (χ0) is 19.8. The van der Waals surface area contributed by atoms with Crippen molar-refractivity contribution in [3.05, 3.63) is 69.7 Å². The molecule has 0 aliphatic rings. The second-order valence-electron chi connectivity index (χ2n) is 5.91. The maximum Gasteiger partial charge on any atom is 0.416 e. The van der Waals surface area contributed by atoms with E-state index < -0.39 is 11.7 Å². The number of halogens is 4. The fourth-order valence-electron chi connectivity index (χ4n) is 2.88. The number of anilines is 1. The SMILES string of the molecule is Cc1c(-c2ccc(Br)cc2)nc(N)c(C#N)c1-c1ccc(C(F)(F)F)cc1. The molecule has 2 aromatic carbocycles. The summed E-state index contributed by atoms with van der Waals surface area (Å²) in [6, 6.07) is 14.1. The Morgan fingerprint density at radius 2 is 1.56 bits per heavy atom. The van der Waals surface area contributed by atoms with E-state index in [0.717, 1.165) is 22.2 Å². The molecule has 2 N–H and O–H groups in total. The Morgan fingerprint density at radius 3 is 2.07 bits per heavy atom. The molecule has 0 saturated carbocycles. The van der Waals surface area contributed by atoms with Crippen LogP contribution in [0.1, 0.15) is 16.7 Å². The quantitative estimate of drug-likeness (QED) is 0.544. The molecule has 3 rings (SSSR count). The van der Waals surface area contributed by atoms with Crippen molar-refractivity contribution >= 4 is 21.7 Å². The van der Waals surface area contributed by atoms with Gasteiger partial charge in [0.2, 0.25) is 0 Å². The maximum absolute atomic E-state index is 12.8. The van der Waals surface area contributed by atoms with Crippen molar-refractivity contribution < 1.29 is 13.2 Å². The topological polar surface area (TPSA) is 62.7 Å². The summed E-state index contributed by atoms with van der Waals surface area (Å²) in [6.07, 6.45) is -4.43. The van der Waals surface area contributed by atoms with E-state index in [2.05, 4.69) is 20.9 Å². The molecule has 136 valence electrons. The molecule has 0 amide bonds. The number of nitrogen functional groups attached to an aromatic ring is 1. The summed E-state index contributed by atoms with van der Waals surface area (Å²) in [7, 11) is 0. The Kier molecular flexibility index (Phi) is 4.94. The Balaban J connectivity index is 2.22. The van der Waals surface area contributed by atoms with Crippen LogP contribution in [0.25, 0.3) is 22.4 Å². The third-order valence-electron chi connectivity index (χ3n) is 4.20. The summed E-state index contributed by atoms with van der Waals surface area (Å²) < 4.78 is 39.4. The molecule has 0 aliphatic carbocycles. The summed E-state index contributed by atoms with van der Waals surface area (Å²) in [6.45, 7) is 1.78. The average Bonchev–Trinajstić information content (AvgIpc) is 2.63. The molecule has 0 spiro atoms. The smallest absolute Gasteiger partial charge is 0.383 e. The Morgan fingerprint density at radius 1 is 1.00 bits per heavy atom. The number of nitrogens with two attached hydrogens (primary N) is 1. The first-order valence-corrected chi connectivity index (χ1v) is 8.65. The first kappa shape index (κ1) is 18.9. The summed E-state index contributed by atoms with van der Waals surface area (Å²) >= 11 is 3.37. The van der Waals surface area contributed by atoms with Crippen molar-refractivity contribution in [2.45, 2.75) is 13.1 Å². The second kappa shape index (κ2) is 7.05. The zero-order valence-electron chi connectivity index (χ0n) is 14.1.